The lowest BCUT2D eigenvalue weighted by molar-refractivity contribution is -0.149. The van der Waals surface area contributed by atoms with Gasteiger partial charge in [0, 0.05) is 25.2 Å². The molecule has 4 rings (SSSR count). The van der Waals surface area contributed by atoms with E-state index in [9.17, 15) is 9.59 Å². The molecule has 0 radical (unpaired) electrons. The van der Waals surface area contributed by atoms with Crippen LogP contribution in [0.1, 0.15) is 72.1 Å². The third-order valence-electron chi connectivity index (χ3n) is 7.99. The van der Waals surface area contributed by atoms with Crippen LogP contribution in [0, 0.1) is 28.6 Å². The van der Waals surface area contributed by atoms with Crippen molar-refractivity contribution in [3.8, 4) is 0 Å². The maximum atomic E-state index is 12.6. The van der Waals surface area contributed by atoms with E-state index in [-0.39, 0.29) is 22.9 Å². The number of fused-ring (bicyclic) bond motifs is 5. The van der Waals surface area contributed by atoms with Crippen LogP contribution >= 0.6 is 0 Å². The Morgan fingerprint density at radius 2 is 1.88 bits per heavy atom. The first-order chi connectivity index (χ1) is 11.8. The van der Waals surface area contributed by atoms with Crippen LogP contribution in [0.4, 0.5) is 0 Å². The molecule has 3 fully saturated rings. The third kappa shape index (κ3) is 2.54. The molecule has 0 saturated heterocycles. The average molecular weight is 342 g/mol. The molecule has 0 heterocycles. The second-order valence-corrected chi connectivity index (χ2v) is 9.24. The van der Waals surface area contributed by atoms with Crippen molar-refractivity contribution in [1.82, 2.24) is 0 Å². The number of esters is 1. The molecule has 3 saturated carbocycles. The predicted octanol–water partition coefficient (Wildman–Crippen LogP) is 4.61. The zero-order valence-electron chi connectivity index (χ0n) is 15.8. The molecular weight excluding hydrogens is 312 g/mol. The molecule has 25 heavy (non-hydrogen) atoms. The van der Waals surface area contributed by atoms with E-state index in [1.54, 1.807) is 0 Å². The first-order valence-corrected chi connectivity index (χ1v) is 10.0. The molecule has 0 amide bonds. The molecule has 0 aromatic rings. The average Bonchev–Trinajstić information content (AvgIpc) is 2.56. The molecule has 0 aromatic carbocycles. The molecule has 136 valence electrons. The van der Waals surface area contributed by atoms with Gasteiger partial charge in [0.25, 0.3) is 0 Å². The lowest BCUT2D eigenvalue weighted by Gasteiger charge is -2.57. The van der Waals surface area contributed by atoms with Gasteiger partial charge in [0.2, 0.25) is 0 Å². The van der Waals surface area contributed by atoms with Crippen molar-refractivity contribution in [2.24, 2.45) is 28.6 Å². The van der Waals surface area contributed by atoms with E-state index >= 15 is 0 Å². The highest BCUT2D eigenvalue weighted by atomic mass is 16.5. The topological polar surface area (TPSA) is 43.4 Å². The van der Waals surface area contributed by atoms with Crippen LogP contribution in [0.3, 0.4) is 0 Å². The van der Waals surface area contributed by atoms with Gasteiger partial charge in [-0.25, -0.2) is 0 Å². The molecule has 4 aliphatic carbocycles. The molecule has 3 heteroatoms. The number of rotatable bonds is 1. The van der Waals surface area contributed by atoms with Gasteiger partial charge in [-0.15, -0.1) is 5.73 Å². The van der Waals surface area contributed by atoms with E-state index in [0.29, 0.717) is 23.5 Å². The van der Waals surface area contributed by atoms with Crippen molar-refractivity contribution in [3.05, 3.63) is 17.4 Å². The Morgan fingerprint density at radius 3 is 2.64 bits per heavy atom. The van der Waals surface area contributed by atoms with Crippen molar-refractivity contribution in [2.45, 2.75) is 78.2 Å². The quantitative estimate of drug-likeness (QED) is 0.516. The van der Waals surface area contributed by atoms with E-state index in [0.717, 1.165) is 44.9 Å². The first-order valence-electron chi connectivity index (χ1n) is 10.0. The Kier molecular flexibility index (Phi) is 3.99. The van der Waals surface area contributed by atoms with Gasteiger partial charge in [0.15, 0.2) is 0 Å². The van der Waals surface area contributed by atoms with Crippen LogP contribution in [0.2, 0.25) is 0 Å². The molecule has 0 N–H and O–H groups in total. The zero-order chi connectivity index (χ0) is 17.8. The lowest BCUT2D eigenvalue weighted by atomic mass is 9.46. The van der Waals surface area contributed by atoms with Crippen molar-refractivity contribution < 1.29 is 14.3 Å². The smallest absolute Gasteiger partial charge is 0.302 e. The van der Waals surface area contributed by atoms with Crippen LogP contribution < -0.4 is 0 Å². The van der Waals surface area contributed by atoms with E-state index in [1.165, 1.54) is 18.9 Å². The van der Waals surface area contributed by atoms with Crippen LogP contribution in [-0.2, 0) is 14.3 Å². The van der Waals surface area contributed by atoms with E-state index < -0.39 is 0 Å². The Morgan fingerprint density at radius 1 is 1.16 bits per heavy atom. The number of carbonyl (C=O) groups is 2. The SMILES string of the molecule is CC(=O)OC1CCC2(C)C(=C=CC3C4CCCC(=O)C4(C)CCC32)C1. The summed E-state index contributed by atoms with van der Waals surface area (Å²) in [5.41, 5.74) is 5.02. The number of hydrogen-bond donors (Lipinski definition) is 0. The summed E-state index contributed by atoms with van der Waals surface area (Å²) in [5.74, 6) is 1.91. The Bertz CT molecular complexity index is 671. The maximum Gasteiger partial charge on any atom is 0.302 e. The highest BCUT2D eigenvalue weighted by Gasteiger charge is 2.56. The molecule has 0 aliphatic heterocycles. The Balaban J connectivity index is 1.65. The molecular formula is C22H30O3. The monoisotopic (exact) mass is 342 g/mol. The standard InChI is InChI=1S/C22H30O3/c1-14(23)25-16-9-11-21(2)15(13-16)7-8-17-18-5-4-6-20(24)22(18,3)12-10-19(17)21/h8,16-19H,4-6,9-13H2,1-3H3. The van der Waals surface area contributed by atoms with Crippen LogP contribution in [0.5, 0.6) is 0 Å². The van der Waals surface area contributed by atoms with Crippen molar-refractivity contribution in [1.29, 1.82) is 0 Å². The number of hydrogen-bond acceptors (Lipinski definition) is 3. The summed E-state index contributed by atoms with van der Waals surface area (Å²) in [5, 5.41) is 0. The van der Waals surface area contributed by atoms with Gasteiger partial charge in [-0.2, -0.15) is 0 Å². The van der Waals surface area contributed by atoms with Gasteiger partial charge in [0.05, 0.1) is 0 Å². The van der Waals surface area contributed by atoms with Gasteiger partial charge in [-0.05, 0) is 73.3 Å². The third-order valence-corrected chi connectivity index (χ3v) is 7.99. The summed E-state index contributed by atoms with van der Waals surface area (Å²) >= 11 is 0. The van der Waals surface area contributed by atoms with Crippen molar-refractivity contribution in [2.75, 3.05) is 0 Å². The predicted molar refractivity (Wildman–Crippen MR) is 95.8 cm³/mol. The zero-order valence-corrected chi connectivity index (χ0v) is 15.8. The summed E-state index contributed by atoms with van der Waals surface area (Å²) in [7, 11) is 0. The fourth-order valence-electron chi connectivity index (χ4n) is 6.48. The highest BCUT2D eigenvalue weighted by molar-refractivity contribution is 5.85. The normalized spacial score (nSPS) is 45.7. The summed E-state index contributed by atoms with van der Waals surface area (Å²) in [6, 6.07) is 0. The van der Waals surface area contributed by atoms with Gasteiger partial charge >= 0.3 is 5.97 Å². The van der Waals surface area contributed by atoms with E-state index in [4.69, 9.17) is 4.74 Å². The highest BCUT2D eigenvalue weighted by Crippen LogP contribution is 2.61. The summed E-state index contributed by atoms with van der Waals surface area (Å²) in [6.45, 7) is 6.12. The first kappa shape index (κ1) is 17.1. The molecule has 0 bridgehead atoms. The molecule has 3 nitrogen and oxygen atoms in total. The number of ketones is 1. The van der Waals surface area contributed by atoms with Crippen LogP contribution in [0.25, 0.3) is 0 Å². The second kappa shape index (κ2) is 5.84. The van der Waals surface area contributed by atoms with Crippen molar-refractivity contribution in [3.63, 3.8) is 0 Å². The number of Topliss-reactive ketones (excluding diaryl/α,β-unsaturated/α-hetero) is 1. The largest absolute Gasteiger partial charge is 0.462 e. The second-order valence-electron chi connectivity index (χ2n) is 9.24. The Labute approximate surface area is 150 Å². The summed E-state index contributed by atoms with van der Waals surface area (Å²) in [6.07, 6.45) is 10.3. The fourth-order valence-corrected chi connectivity index (χ4v) is 6.48. The Hall–Kier alpha value is -1.34. The minimum atomic E-state index is -0.180. The molecule has 6 atom stereocenters. The molecule has 4 aliphatic rings. The van der Waals surface area contributed by atoms with E-state index in [1.807, 2.05) is 0 Å². The van der Waals surface area contributed by atoms with Gasteiger partial charge in [-0.1, -0.05) is 13.8 Å². The molecule has 0 spiro atoms. The molecule has 6 unspecified atom stereocenters. The van der Waals surface area contributed by atoms with Gasteiger partial charge < -0.3 is 4.74 Å². The van der Waals surface area contributed by atoms with E-state index in [2.05, 4.69) is 25.7 Å². The lowest BCUT2D eigenvalue weighted by Crippen LogP contribution is -2.53. The van der Waals surface area contributed by atoms with Crippen molar-refractivity contribution >= 4 is 11.8 Å². The number of ether oxygens (including phenoxy) is 1. The van der Waals surface area contributed by atoms with Crippen LogP contribution in [-0.4, -0.2) is 17.9 Å². The van der Waals surface area contributed by atoms with Crippen LogP contribution in [0.15, 0.2) is 17.4 Å². The van der Waals surface area contributed by atoms with Gasteiger partial charge in [-0.3, -0.25) is 9.59 Å². The summed E-state index contributed by atoms with van der Waals surface area (Å²) < 4.78 is 5.48. The fraction of sp³-hybridized carbons (Fsp3) is 0.773. The molecule has 0 aromatic heterocycles. The minimum Gasteiger partial charge on any atom is -0.462 e. The maximum absolute atomic E-state index is 12.6. The minimum absolute atomic E-state index is 0.0168. The summed E-state index contributed by atoms with van der Waals surface area (Å²) in [4.78, 5) is 24.0. The van der Waals surface area contributed by atoms with Gasteiger partial charge in [0.1, 0.15) is 11.9 Å². The number of carbonyl (C=O) groups excluding carboxylic acids is 2.